The van der Waals surface area contributed by atoms with Crippen LogP contribution in [0.2, 0.25) is 0 Å². The van der Waals surface area contributed by atoms with Crippen LogP contribution in [0.15, 0.2) is 6.33 Å². The average molecular weight is 306 g/mol. The van der Waals surface area contributed by atoms with Gasteiger partial charge in [0.2, 0.25) is 5.82 Å². The molecule has 0 fully saturated rings. The van der Waals surface area contributed by atoms with Crippen LogP contribution in [0.5, 0.6) is 5.88 Å². The molecule has 0 bridgehead atoms. The van der Waals surface area contributed by atoms with Gasteiger partial charge in [0, 0.05) is 0 Å². The first-order chi connectivity index (χ1) is 8.94. The predicted molar refractivity (Wildman–Crippen MR) is 49.6 cm³/mol. The van der Waals surface area contributed by atoms with Gasteiger partial charge in [-0.25, -0.2) is 4.98 Å². The van der Waals surface area contributed by atoms with Crippen LogP contribution in [0.25, 0.3) is 0 Å². The highest BCUT2D eigenvalue weighted by Crippen LogP contribution is 2.38. The summed E-state index contributed by atoms with van der Waals surface area (Å²) >= 11 is 0. The summed E-state index contributed by atoms with van der Waals surface area (Å²) in [4.78, 5) is 15.1. The Kier molecular flexibility index (Phi) is 3.91. The van der Waals surface area contributed by atoms with Gasteiger partial charge in [0.25, 0.3) is 6.10 Å². The summed E-state index contributed by atoms with van der Waals surface area (Å²) in [5.41, 5.74) is 3.60. The van der Waals surface area contributed by atoms with Gasteiger partial charge in [-0.05, 0) is 0 Å². The molecule has 2 N–H and O–H groups in total. The van der Waals surface area contributed by atoms with Gasteiger partial charge in [0.15, 0.2) is 0 Å². The van der Waals surface area contributed by atoms with E-state index in [1.807, 2.05) is 0 Å². The van der Waals surface area contributed by atoms with Gasteiger partial charge in [-0.15, -0.1) is 0 Å². The minimum absolute atomic E-state index is 0.432. The number of rotatable bonds is 3. The fraction of sp³-hybridized carbons (Fsp3) is 0.429. The average Bonchev–Trinajstić information content (AvgIpc) is 2.22. The third-order valence-electron chi connectivity index (χ3n) is 1.82. The van der Waals surface area contributed by atoms with Crippen LogP contribution in [-0.4, -0.2) is 33.3 Å². The van der Waals surface area contributed by atoms with Crippen molar-refractivity contribution in [2.24, 2.45) is 0 Å². The van der Waals surface area contributed by atoms with Crippen LogP contribution in [0, 0.1) is 10.1 Å². The molecule has 13 heteroatoms. The topological polar surface area (TPSA) is 104 Å². The second-order valence-corrected chi connectivity index (χ2v) is 3.25. The molecular formula is C7H4F6N4O3. The summed E-state index contributed by atoms with van der Waals surface area (Å²) in [5.74, 6) is -2.45. The van der Waals surface area contributed by atoms with E-state index >= 15 is 0 Å². The van der Waals surface area contributed by atoms with Gasteiger partial charge in [0.05, 0.1) is 4.92 Å². The molecule has 1 rings (SSSR count). The zero-order valence-electron chi connectivity index (χ0n) is 9.07. The van der Waals surface area contributed by atoms with Crippen molar-refractivity contribution in [2.45, 2.75) is 18.5 Å². The van der Waals surface area contributed by atoms with E-state index in [-0.39, 0.29) is 0 Å². The molecule has 0 unspecified atom stereocenters. The molecule has 112 valence electrons. The van der Waals surface area contributed by atoms with Crippen molar-refractivity contribution in [3.8, 4) is 5.88 Å². The quantitative estimate of drug-likeness (QED) is 0.519. The van der Waals surface area contributed by atoms with Crippen molar-refractivity contribution >= 4 is 11.5 Å². The Morgan fingerprint density at radius 3 is 2.10 bits per heavy atom. The number of anilines is 1. The Morgan fingerprint density at radius 2 is 1.70 bits per heavy atom. The van der Waals surface area contributed by atoms with Crippen LogP contribution >= 0.6 is 0 Å². The molecule has 0 aromatic carbocycles. The Hall–Kier alpha value is -2.34. The minimum Gasteiger partial charge on any atom is -0.450 e. The van der Waals surface area contributed by atoms with Gasteiger partial charge >= 0.3 is 23.9 Å². The van der Waals surface area contributed by atoms with Crippen LogP contribution in [0.1, 0.15) is 0 Å². The molecule has 1 heterocycles. The second kappa shape index (κ2) is 4.97. The molecule has 0 saturated carbocycles. The van der Waals surface area contributed by atoms with Gasteiger partial charge < -0.3 is 10.5 Å². The predicted octanol–water partition coefficient (Wildman–Crippen LogP) is 1.84. The molecule has 20 heavy (non-hydrogen) atoms. The zero-order valence-corrected chi connectivity index (χ0v) is 9.07. The summed E-state index contributed by atoms with van der Waals surface area (Å²) in [6.07, 6.45) is -15.5. The SMILES string of the molecule is Nc1ncnc(OC(C(F)(F)F)C(F)(F)F)c1[N+](=O)[O-]. The number of hydrogen-bond acceptors (Lipinski definition) is 6. The lowest BCUT2D eigenvalue weighted by Crippen LogP contribution is -2.46. The lowest BCUT2D eigenvalue weighted by Gasteiger charge is -2.22. The van der Waals surface area contributed by atoms with Crippen molar-refractivity contribution in [2.75, 3.05) is 5.73 Å². The van der Waals surface area contributed by atoms with Crippen LogP contribution < -0.4 is 10.5 Å². The third kappa shape index (κ3) is 3.36. The standard InChI is InChI=1S/C7H4F6N4O3/c8-6(9,10)5(7(11,12)13)20-4-2(17(18)19)3(14)15-1-16-4/h1,5H,(H2,14,15,16). The van der Waals surface area contributed by atoms with E-state index < -0.39 is 40.8 Å². The zero-order chi connectivity index (χ0) is 15.7. The largest absolute Gasteiger partial charge is 0.450 e. The number of nitrogens with two attached hydrogens (primary N) is 1. The van der Waals surface area contributed by atoms with Crippen molar-refractivity contribution in [3.05, 3.63) is 16.4 Å². The number of ether oxygens (including phenoxy) is 1. The number of nitrogen functional groups attached to an aromatic ring is 1. The maximum atomic E-state index is 12.2. The second-order valence-electron chi connectivity index (χ2n) is 3.25. The third-order valence-corrected chi connectivity index (χ3v) is 1.82. The Labute approximate surface area is 105 Å². The van der Waals surface area contributed by atoms with Crippen molar-refractivity contribution in [3.63, 3.8) is 0 Å². The van der Waals surface area contributed by atoms with E-state index in [9.17, 15) is 36.5 Å². The maximum absolute atomic E-state index is 12.2. The van der Waals surface area contributed by atoms with Gasteiger partial charge in [-0.1, -0.05) is 0 Å². The molecule has 0 spiro atoms. The van der Waals surface area contributed by atoms with E-state index in [1.165, 1.54) is 0 Å². The van der Waals surface area contributed by atoms with Gasteiger partial charge in [0.1, 0.15) is 6.33 Å². The minimum atomic E-state index is -5.84. The number of nitrogens with zero attached hydrogens (tertiary/aromatic N) is 3. The summed E-state index contributed by atoms with van der Waals surface area (Å²) in [5, 5.41) is 10.5. The Morgan fingerprint density at radius 1 is 1.20 bits per heavy atom. The van der Waals surface area contributed by atoms with E-state index in [0.717, 1.165) is 0 Å². The molecule has 0 amide bonds. The first-order valence-electron chi connectivity index (χ1n) is 4.49. The number of aromatic nitrogens is 2. The highest BCUT2D eigenvalue weighted by molar-refractivity contribution is 5.57. The normalized spacial score (nSPS) is 12.6. The van der Waals surface area contributed by atoms with E-state index in [4.69, 9.17) is 5.73 Å². The Balaban J connectivity index is 3.26. The van der Waals surface area contributed by atoms with Gasteiger partial charge in [-0.2, -0.15) is 31.3 Å². The van der Waals surface area contributed by atoms with Crippen molar-refractivity contribution in [1.29, 1.82) is 0 Å². The lowest BCUT2D eigenvalue weighted by molar-refractivity contribution is -0.387. The summed E-state index contributed by atoms with van der Waals surface area (Å²) in [7, 11) is 0. The molecule has 0 aliphatic rings. The van der Waals surface area contributed by atoms with Crippen molar-refractivity contribution in [1.82, 2.24) is 9.97 Å². The molecule has 1 aromatic rings. The molecule has 0 aliphatic heterocycles. The van der Waals surface area contributed by atoms with Crippen LogP contribution in [0.3, 0.4) is 0 Å². The molecule has 0 saturated heterocycles. The molecule has 1 aromatic heterocycles. The van der Waals surface area contributed by atoms with Crippen LogP contribution in [0.4, 0.5) is 37.8 Å². The first kappa shape index (κ1) is 15.7. The van der Waals surface area contributed by atoms with Crippen LogP contribution in [-0.2, 0) is 0 Å². The Bertz CT molecular complexity index is 502. The lowest BCUT2D eigenvalue weighted by atomic mass is 10.3. The molecule has 0 radical (unpaired) electrons. The molecule has 7 nitrogen and oxygen atoms in total. The number of halogens is 6. The molecule has 0 aliphatic carbocycles. The highest BCUT2D eigenvalue weighted by atomic mass is 19.4. The maximum Gasteiger partial charge on any atom is 0.434 e. The van der Waals surface area contributed by atoms with Crippen molar-refractivity contribution < 1.29 is 36.0 Å². The molecule has 0 atom stereocenters. The smallest absolute Gasteiger partial charge is 0.434 e. The summed E-state index contributed by atoms with van der Waals surface area (Å²) in [6, 6.07) is 0. The monoisotopic (exact) mass is 306 g/mol. The summed E-state index contributed by atoms with van der Waals surface area (Å²) in [6.45, 7) is 0. The van der Waals surface area contributed by atoms with E-state index in [2.05, 4.69) is 14.7 Å². The van der Waals surface area contributed by atoms with E-state index in [1.54, 1.807) is 0 Å². The fourth-order valence-corrected chi connectivity index (χ4v) is 1.06. The molecular weight excluding hydrogens is 302 g/mol. The summed E-state index contributed by atoms with van der Waals surface area (Å²) < 4.78 is 77.1. The van der Waals surface area contributed by atoms with E-state index in [0.29, 0.717) is 6.33 Å². The fourth-order valence-electron chi connectivity index (χ4n) is 1.06. The number of nitro groups is 1. The first-order valence-corrected chi connectivity index (χ1v) is 4.49. The van der Waals surface area contributed by atoms with Gasteiger partial charge in [-0.3, -0.25) is 10.1 Å². The number of hydrogen-bond donors (Lipinski definition) is 1. The number of alkyl halides is 6. The highest BCUT2D eigenvalue weighted by Gasteiger charge is 2.60.